The molecule has 0 radical (unpaired) electrons. The number of nitrogens with one attached hydrogen (secondary N) is 7. The van der Waals surface area contributed by atoms with Crippen LogP contribution < -0.4 is 52.1 Å². The predicted molar refractivity (Wildman–Crippen MR) is 297 cm³/mol. The Kier molecular flexibility index (Phi) is 34.4. The molecule has 0 spiro atoms. The van der Waals surface area contributed by atoms with Crippen molar-refractivity contribution in [1.82, 2.24) is 50.6 Å². The number of benzene rings is 1. The molecule has 35 nitrogen and oxygen atoms in total. The second-order valence-corrected chi connectivity index (χ2v) is 19.3. The Morgan fingerprint density at radius 3 is 1.85 bits per heavy atom. The largest absolute Gasteiger partial charge is 0.642 e. The number of guanidine groups is 1. The van der Waals surface area contributed by atoms with Gasteiger partial charge in [0, 0.05) is 57.3 Å². The number of aliphatic carboxylic acids is 2. The summed E-state index contributed by atoms with van der Waals surface area (Å²) < 4.78 is 3.60. The smallest absolute Gasteiger partial charge is 0.305 e. The van der Waals surface area contributed by atoms with E-state index in [-0.39, 0.29) is 62.6 Å². The van der Waals surface area contributed by atoms with Crippen LogP contribution in [0.25, 0.3) is 5.32 Å². The van der Waals surface area contributed by atoms with E-state index in [1.807, 2.05) is 0 Å². The van der Waals surface area contributed by atoms with Crippen molar-refractivity contribution < 1.29 is 118 Å². The monoisotopic (exact) mass is 1310 g/mol. The molecule has 3 aromatic rings. The van der Waals surface area contributed by atoms with E-state index in [1.165, 1.54) is 67.1 Å². The zero-order chi connectivity index (χ0) is 65.1. The molecular formula is C51H73N15O20Tc. The van der Waals surface area contributed by atoms with Gasteiger partial charge in [-0.25, -0.2) is 0 Å². The van der Waals surface area contributed by atoms with Crippen molar-refractivity contribution in [2.45, 2.75) is 99.1 Å². The van der Waals surface area contributed by atoms with Crippen LogP contribution in [0.4, 0.5) is 5.82 Å². The fraction of sp³-hybridized carbons (Fsp3) is 0.490. The number of carboxylic acid groups (broad SMARTS) is 2. The maximum absolute atomic E-state index is 13.9. The fourth-order valence-electron chi connectivity index (χ4n) is 7.27. The van der Waals surface area contributed by atoms with Crippen LogP contribution in [-0.2, 0) is 58.7 Å². The Bertz CT molecular complexity index is 2770. The molecule has 1 saturated heterocycles. The van der Waals surface area contributed by atoms with Crippen molar-refractivity contribution >= 4 is 65.1 Å². The van der Waals surface area contributed by atoms with Crippen molar-refractivity contribution in [2.75, 3.05) is 59.2 Å². The standard InChI is InChI=1S/C33H43N12O9.C12H18N2O6.C6H12NO5.Tc/c34-33(35)38-13-3-5-21-29(51)40-17-26(47)41-24(15-27(48)49)32(54)44-23(14-18-6-9-20(46)10-7-18)31(53)43-22(30(52)42-21)4-1-2-12-37-28(50)19-8-11-25(45-36)39-16-19;15-6-9(17)11(19)10(18)8(16)5-14-12(20)7-1-3-13-4-2-7;8-2-6(3-9,4-10)7-1-5(11)12;/h6-11,16,21-24,46H,1-5,12-15,17H2,(H,37,50)(H,40,51)(H,41,47)(H,42,52)(H,43,53)(H,44,54)(H,48,49)(H4,34,35,38);1-4,8-11,15-19H,5-6H2,(H,14,20);8-10H,1-4H2,(H,11,12);/q-1;;-1;+2/t21-,22-,23+,24-;;;/m0.../s1. The molecule has 479 valence electrons. The molecule has 1 fully saturated rings. The summed E-state index contributed by atoms with van der Waals surface area (Å²) in [5, 5.41) is 125. The second kappa shape index (κ2) is 40.1. The zero-order valence-corrected chi connectivity index (χ0v) is 48.5. The summed E-state index contributed by atoms with van der Waals surface area (Å²) in [6.07, 6.45) is -2.35. The predicted octanol–water partition coefficient (Wildman–Crippen LogP) is -7.18. The number of nitrogens with zero attached hydrogens (tertiary/aromatic N) is 6. The molecule has 22 N–H and O–H groups in total. The SMILES string of the molecule is NC(N)=NCCC[C@@H]1NC(=O)[C@H](CCCCNC(=O)c2ccc(N=[N+]=[Tc])nc2)NC(=O)[C@@H](Cc2ccc(O)cc2)NC(=O)[C@H](CC(=O)O)NC(=O)CNC1=O.O=C(NCC(O)C(O)C(O)C(O)CO)c1ccncc1.O=C(O)C[N-]C(CO)(CO)CO. The molecule has 87 heavy (non-hydrogen) atoms. The molecule has 0 aliphatic carbocycles. The number of hydrogen-bond acceptors (Lipinski definition) is 22. The van der Waals surface area contributed by atoms with Gasteiger partial charge >= 0.3 is 110 Å². The van der Waals surface area contributed by atoms with Crippen LogP contribution in [0.3, 0.4) is 0 Å². The van der Waals surface area contributed by atoms with Crippen molar-refractivity contribution in [3.63, 3.8) is 0 Å². The number of unbranched alkanes of at least 4 members (excludes halogenated alkanes) is 1. The number of carbonyl (C=O) groups excluding carboxylic acids is 7. The second-order valence-electron chi connectivity index (χ2n) is 18.9. The first kappa shape index (κ1) is 74.7. The molecule has 1 aromatic carbocycles. The number of phenolic OH excluding ortho intramolecular Hbond substituents is 1. The minimum Gasteiger partial charge on any atom is -0.642 e. The Labute approximate surface area is 506 Å². The Morgan fingerprint density at radius 1 is 0.713 bits per heavy atom. The fourth-order valence-corrected chi connectivity index (χ4v) is 7.46. The number of aromatic nitrogens is 2. The Morgan fingerprint density at radius 2 is 1.29 bits per heavy atom. The normalized spacial score (nSPS) is 17.8. The van der Waals surface area contributed by atoms with Gasteiger partial charge in [-0.1, -0.05) is 17.7 Å². The van der Waals surface area contributed by atoms with E-state index in [0.717, 1.165) is 0 Å². The van der Waals surface area contributed by atoms with E-state index < -0.39 is 153 Å². The number of aliphatic hydroxyl groups excluding tert-OH is 8. The molecular weight excluding hydrogens is 1240 g/mol. The van der Waals surface area contributed by atoms with E-state index >= 15 is 0 Å². The number of amides is 7. The summed E-state index contributed by atoms with van der Waals surface area (Å²) in [4.78, 5) is 125. The van der Waals surface area contributed by atoms with Crippen LogP contribution in [0.5, 0.6) is 5.75 Å². The molecule has 0 bridgehead atoms. The van der Waals surface area contributed by atoms with Crippen LogP contribution in [0.2, 0.25) is 0 Å². The van der Waals surface area contributed by atoms with Gasteiger partial charge in [0.1, 0.15) is 48.2 Å². The number of carbonyl (C=O) groups is 9. The minimum absolute atomic E-state index is 0.0185. The molecule has 36 heteroatoms. The van der Waals surface area contributed by atoms with Gasteiger partial charge in [-0.15, -0.1) is 0 Å². The number of aromatic hydroxyl groups is 1. The zero-order valence-electron chi connectivity index (χ0n) is 46.6. The number of hydrogen-bond donors (Lipinski definition) is 20. The molecule has 7 amide bonds. The number of phenols is 1. The van der Waals surface area contributed by atoms with Crippen molar-refractivity contribution in [1.29, 1.82) is 0 Å². The third-order valence-corrected chi connectivity index (χ3v) is 12.4. The van der Waals surface area contributed by atoms with Gasteiger partial charge in [0.15, 0.2) is 5.96 Å². The maximum Gasteiger partial charge on any atom is 0.305 e. The topological polar surface area (TPSA) is 591 Å². The number of rotatable bonds is 28. The maximum atomic E-state index is 13.9. The Hall–Kier alpha value is -8.38. The average Bonchev–Trinajstić information content (AvgIpc) is 3.74. The molecule has 1 aliphatic heterocycles. The van der Waals surface area contributed by atoms with Gasteiger partial charge in [-0.3, -0.25) is 48.3 Å². The van der Waals surface area contributed by atoms with Crippen LogP contribution >= 0.6 is 0 Å². The number of aliphatic hydroxyl groups is 8. The quantitative estimate of drug-likeness (QED) is 0.0106. The van der Waals surface area contributed by atoms with E-state index in [2.05, 4.69) is 66.0 Å². The van der Waals surface area contributed by atoms with Gasteiger partial charge in [0.2, 0.25) is 29.5 Å². The molecule has 4 unspecified atom stereocenters. The summed E-state index contributed by atoms with van der Waals surface area (Å²) in [5.41, 5.74) is 10.5. The minimum atomic E-state index is -1.71. The average molecular weight is 1310 g/mol. The molecule has 1 aliphatic rings. The summed E-state index contributed by atoms with van der Waals surface area (Å²) in [5.74, 6) is -7.67. The molecule has 2 aromatic heterocycles. The molecule has 4 rings (SSSR count). The third kappa shape index (κ3) is 28.6. The van der Waals surface area contributed by atoms with Crippen LogP contribution in [-0.4, -0.2) is 239 Å². The first-order valence-corrected chi connectivity index (χ1v) is 27.2. The number of pyridine rings is 2. The molecule has 3 heterocycles. The van der Waals surface area contributed by atoms with E-state index in [0.29, 0.717) is 29.8 Å². The number of carboxylic acids is 2. The third-order valence-electron chi connectivity index (χ3n) is 12.2. The van der Waals surface area contributed by atoms with E-state index in [1.54, 1.807) is 18.7 Å². The van der Waals surface area contributed by atoms with Crippen LogP contribution in [0.15, 0.2) is 77.2 Å². The summed E-state index contributed by atoms with van der Waals surface area (Å²) in [6, 6.07) is 6.23. The summed E-state index contributed by atoms with van der Waals surface area (Å²) in [7, 11) is 0. The van der Waals surface area contributed by atoms with Crippen molar-refractivity contribution in [2.24, 2.45) is 21.6 Å². The van der Waals surface area contributed by atoms with E-state index in [4.69, 9.17) is 42.1 Å². The van der Waals surface area contributed by atoms with E-state index in [9.17, 15) is 68.7 Å². The molecule has 8 atom stereocenters. The van der Waals surface area contributed by atoms with Crippen LogP contribution in [0.1, 0.15) is 64.8 Å². The Balaban J connectivity index is 0.000000653. The van der Waals surface area contributed by atoms with Crippen molar-refractivity contribution in [3.05, 3.63) is 89.1 Å². The van der Waals surface area contributed by atoms with Gasteiger partial charge in [0.25, 0.3) is 11.9 Å². The first-order valence-electron chi connectivity index (χ1n) is 26.4. The van der Waals surface area contributed by atoms with Gasteiger partial charge in [0.05, 0.1) is 25.7 Å². The summed E-state index contributed by atoms with van der Waals surface area (Å²) in [6.45, 7) is -3.71. The van der Waals surface area contributed by atoms with Gasteiger partial charge < -0.3 is 105 Å². The van der Waals surface area contributed by atoms with Gasteiger partial charge in [-0.05, 0) is 49.2 Å². The number of nitrogens with two attached hydrogens (primary N) is 2. The first-order chi connectivity index (χ1) is 41.3. The summed E-state index contributed by atoms with van der Waals surface area (Å²) >= 11 is 1.70. The van der Waals surface area contributed by atoms with Crippen molar-refractivity contribution in [3.8, 4) is 5.75 Å². The van der Waals surface area contributed by atoms with Crippen LogP contribution in [0, 0.1) is 0 Å². The number of aliphatic imine (C=N–C) groups is 1. The van der Waals surface area contributed by atoms with Gasteiger partial charge in [-0.2, -0.15) is 0 Å². The molecule has 0 saturated carbocycles.